The van der Waals surface area contributed by atoms with E-state index in [1.54, 1.807) is 0 Å². The number of likely N-dealkylation sites (tertiary alicyclic amines) is 2. The molecule has 0 aliphatic carbocycles. The number of carbonyl (C=O) groups is 1. The van der Waals surface area contributed by atoms with Crippen LogP contribution in [0.25, 0.3) is 10.9 Å². The van der Waals surface area contributed by atoms with Gasteiger partial charge in [0, 0.05) is 24.0 Å². The van der Waals surface area contributed by atoms with Crippen molar-refractivity contribution in [1.29, 1.82) is 0 Å². The van der Waals surface area contributed by atoms with Crippen molar-refractivity contribution in [3.63, 3.8) is 0 Å². The van der Waals surface area contributed by atoms with Gasteiger partial charge < -0.3 is 9.80 Å². The van der Waals surface area contributed by atoms with Crippen molar-refractivity contribution in [2.45, 2.75) is 37.8 Å². The first-order valence-corrected chi connectivity index (χ1v) is 8.61. The van der Waals surface area contributed by atoms with Crippen molar-refractivity contribution in [2.75, 3.05) is 20.1 Å². The lowest BCUT2D eigenvalue weighted by atomic mass is 10.0. The van der Waals surface area contributed by atoms with Crippen LogP contribution in [0.5, 0.6) is 0 Å². The zero-order chi connectivity index (χ0) is 15.8. The molecule has 2 unspecified atom stereocenters. The third kappa shape index (κ3) is 2.61. The molecule has 3 heterocycles. The molecule has 2 aliphatic heterocycles. The molecule has 0 N–H and O–H groups in total. The van der Waals surface area contributed by atoms with Gasteiger partial charge in [-0.3, -0.25) is 4.79 Å². The van der Waals surface area contributed by atoms with Gasteiger partial charge in [-0.2, -0.15) is 0 Å². The molecule has 2 atom stereocenters. The van der Waals surface area contributed by atoms with Gasteiger partial charge in [0.1, 0.15) is 5.69 Å². The van der Waals surface area contributed by atoms with E-state index in [1.165, 1.54) is 12.8 Å². The Morgan fingerprint density at radius 2 is 1.83 bits per heavy atom. The second-order valence-corrected chi connectivity index (χ2v) is 6.79. The van der Waals surface area contributed by atoms with E-state index >= 15 is 0 Å². The van der Waals surface area contributed by atoms with E-state index in [4.69, 9.17) is 0 Å². The Labute approximate surface area is 137 Å². The summed E-state index contributed by atoms with van der Waals surface area (Å²) in [7, 11) is 2.19. The Bertz CT molecular complexity index is 729. The lowest BCUT2D eigenvalue weighted by molar-refractivity contribution is 0.0659. The molecule has 1 amide bonds. The number of pyridine rings is 1. The maximum atomic E-state index is 13.0. The van der Waals surface area contributed by atoms with Crippen molar-refractivity contribution in [3.8, 4) is 0 Å². The van der Waals surface area contributed by atoms with Gasteiger partial charge in [-0.1, -0.05) is 24.3 Å². The van der Waals surface area contributed by atoms with E-state index < -0.39 is 0 Å². The Kier molecular flexibility index (Phi) is 3.77. The van der Waals surface area contributed by atoms with E-state index in [0.717, 1.165) is 36.8 Å². The van der Waals surface area contributed by atoms with Crippen LogP contribution in [0, 0.1) is 0 Å². The standard InChI is InChI=1S/C19H23N3O/c1-21-12-4-8-17(21)18-9-5-13-22(18)19(23)16-11-10-14-6-2-3-7-15(14)20-16/h2-3,6-7,10-11,17-18H,4-5,8-9,12-13H2,1H3. The van der Waals surface area contributed by atoms with Gasteiger partial charge in [-0.15, -0.1) is 0 Å². The Morgan fingerprint density at radius 3 is 2.65 bits per heavy atom. The number of carbonyl (C=O) groups excluding carboxylic acids is 1. The average molecular weight is 309 g/mol. The monoisotopic (exact) mass is 309 g/mol. The van der Waals surface area contributed by atoms with Crippen molar-refractivity contribution in [3.05, 3.63) is 42.1 Å². The molecule has 2 aliphatic rings. The number of benzene rings is 1. The Balaban J connectivity index is 1.61. The molecule has 0 saturated carbocycles. The van der Waals surface area contributed by atoms with Crippen LogP contribution in [0.2, 0.25) is 0 Å². The van der Waals surface area contributed by atoms with Crippen molar-refractivity contribution in [1.82, 2.24) is 14.8 Å². The van der Waals surface area contributed by atoms with E-state index in [1.807, 2.05) is 36.4 Å². The van der Waals surface area contributed by atoms with Crippen molar-refractivity contribution in [2.24, 2.45) is 0 Å². The van der Waals surface area contributed by atoms with Gasteiger partial charge in [0.25, 0.3) is 5.91 Å². The Morgan fingerprint density at radius 1 is 1.04 bits per heavy atom. The highest BCUT2D eigenvalue weighted by atomic mass is 16.2. The van der Waals surface area contributed by atoms with Gasteiger partial charge in [0.15, 0.2) is 0 Å². The maximum Gasteiger partial charge on any atom is 0.272 e. The maximum absolute atomic E-state index is 13.0. The van der Waals surface area contributed by atoms with Gasteiger partial charge in [0.2, 0.25) is 0 Å². The normalized spacial score (nSPS) is 25.3. The molecule has 4 heteroatoms. The minimum Gasteiger partial charge on any atom is -0.333 e. The molecule has 0 spiro atoms. The van der Waals surface area contributed by atoms with Crippen LogP contribution in [0.3, 0.4) is 0 Å². The van der Waals surface area contributed by atoms with Crippen molar-refractivity contribution >= 4 is 16.8 Å². The molecule has 1 aromatic carbocycles. The number of fused-ring (bicyclic) bond motifs is 1. The van der Waals surface area contributed by atoms with Crippen LogP contribution >= 0.6 is 0 Å². The molecule has 120 valence electrons. The fourth-order valence-corrected chi connectivity index (χ4v) is 4.20. The zero-order valence-electron chi connectivity index (χ0n) is 13.6. The van der Waals surface area contributed by atoms with Crippen molar-refractivity contribution < 1.29 is 4.79 Å². The van der Waals surface area contributed by atoms with Crippen LogP contribution in [0.15, 0.2) is 36.4 Å². The summed E-state index contributed by atoms with van der Waals surface area (Å²) in [6.07, 6.45) is 4.67. The number of amides is 1. The topological polar surface area (TPSA) is 36.4 Å². The SMILES string of the molecule is CN1CCCC1C1CCCN1C(=O)c1ccc2ccccc2n1. The molecule has 2 fully saturated rings. The molecule has 4 rings (SSSR count). The molecule has 2 aromatic rings. The fraction of sp³-hybridized carbons (Fsp3) is 0.474. The molecular formula is C19H23N3O. The quantitative estimate of drug-likeness (QED) is 0.856. The van der Waals surface area contributed by atoms with Gasteiger partial charge in [-0.05, 0) is 51.4 Å². The predicted molar refractivity (Wildman–Crippen MR) is 91.5 cm³/mol. The lowest BCUT2D eigenvalue weighted by Gasteiger charge is -2.33. The number of hydrogen-bond donors (Lipinski definition) is 0. The summed E-state index contributed by atoms with van der Waals surface area (Å²) >= 11 is 0. The van der Waals surface area contributed by atoms with Crippen LogP contribution in [0.1, 0.15) is 36.2 Å². The van der Waals surface area contributed by atoms with Crippen LogP contribution < -0.4 is 0 Å². The van der Waals surface area contributed by atoms with E-state index in [0.29, 0.717) is 17.8 Å². The first-order valence-electron chi connectivity index (χ1n) is 8.61. The Hall–Kier alpha value is -1.94. The summed E-state index contributed by atoms with van der Waals surface area (Å²) in [5, 5.41) is 1.08. The number of nitrogens with zero attached hydrogens (tertiary/aromatic N) is 3. The average Bonchev–Trinajstić information content (AvgIpc) is 3.22. The number of para-hydroxylation sites is 1. The second-order valence-electron chi connectivity index (χ2n) is 6.79. The summed E-state index contributed by atoms with van der Waals surface area (Å²) in [5.74, 6) is 0.0959. The van der Waals surface area contributed by atoms with E-state index in [2.05, 4.69) is 21.8 Å². The summed E-state index contributed by atoms with van der Waals surface area (Å²) in [4.78, 5) is 22.1. The summed E-state index contributed by atoms with van der Waals surface area (Å²) in [6, 6.07) is 12.7. The zero-order valence-corrected chi connectivity index (χ0v) is 13.6. The molecule has 2 saturated heterocycles. The number of likely N-dealkylation sites (N-methyl/N-ethyl adjacent to an activating group) is 1. The van der Waals surface area contributed by atoms with Crippen LogP contribution in [0.4, 0.5) is 0 Å². The minimum atomic E-state index is 0.0959. The summed E-state index contributed by atoms with van der Waals surface area (Å²) in [5.41, 5.74) is 1.48. The third-order valence-electron chi connectivity index (χ3n) is 5.40. The van der Waals surface area contributed by atoms with E-state index in [-0.39, 0.29) is 5.91 Å². The molecule has 0 radical (unpaired) electrons. The highest BCUT2D eigenvalue weighted by Gasteiger charge is 2.38. The molecule has 1 aromatic heterocycles. The molecular weight excluding hydrogens is 286 g/mol. The number of rotatable bonds is 2. The first kappa shape index (κ1) is 14.6. The van der Waals surface area contributed by atoms with Crippen LogP contribution in [-0.2, 0) is 0 Å². The molecule has 4 nitrogen and oxygen atoms in total. The highest BCUT2D eigenvalue weighted by molar-refractivity contribution is 5.95. The van der Waals surface area contributed by atoms with E-state index in [9.17, 15) is 4.79 Å². The highest BCUT2D eigenvalue weighted by Crippen LogP contribution is 2.30. The minimum absolute atomic E-state index is 0.0959. The van der Waals surface area contributed by atoms with Crippen LogP contribution in [-0.4, -0.2) is 52.9 Å². The summed E-state index contributed by atoms with van der Waals surface area (Å²) < 4.78 is 0. The summed E-state index contributed by atoms with van der Waals surface area (Å²) in [6.45, 7) is 2.01. The second kappa shape index (κ2) is 5.93. The smallest absolute Gasteiger partial charge is 0.272 e. The number of aromatic nitrogens is 1. The third-order valence-corrected chi connectivity index (χ3v) is 5.40. The van der Waals surface area contributed by atoms with Gasteiger partial charge in [0.05, 0.1) is 5.52 Å². The predicted octanol–water partition coefficient (Wildman–Crippen LogP) is 2.93. The fourth-order valence-electron chi connectivity index (χ4n) is 4.20. The largest absolute Gasteiger partial charge is 0.333 e. The molecule has 0 bridgehead atoms. The molecule has 23 heavy (non-hydrogen) atoms. The van der Waals surface area contributed by atoms with Gasteiger partial charge >= 0.3 is 0 Å². The first-order chi connectivity index (χ1) is 11.2. The van der Waals surface area contributed by atoms with Gasteiger partial charge in [-0.25, -0.2) is 4.98 Å². The number of hydrogen-bond acceptors (Lipinski definition) is 3. The lowest BCUT2D eigenvalue weighted by Crippen LogP contribution is -2.47.